The third-order valence-electron chi connectivity index (χ3n) is 3.40. The summed E-state index contributed by atoms with van der Waals surface area (Å²) in [6.45, 7) is 8.50. The Hall–Kier alpha value is -0.850. The van der Waals surface area contributed by atoms with Gasteiger partial charge in [0.2, 0.25) is 0 Å². The molecule has 0 radical (unpaired) electrons. The molecule has 0 saturated carbocycles. The number of nitrogens with one attached hydrogen (secondary N) is 2. The standard InChI is InChI=1S/C16H32N2O4/c1-16(2,3)22-15(19)17-9-5-7-13(11-20-4)18-14-8-6-10-21-12-14/h13-14,18H,5-12H2,1-4H3,(H,17,19). The maximum absolute atomic E-state index is 11.6. The minimum Gasteiger partial charge on any atom is -0.444 e. The number of ether oxygens (including phenoxy) is 3. The molecule has 2 N–H and O–H groups in total. The molecule has 0 spiro atoms. The third-order valence-corrected chi connectivity index (χ3v) is 3.40. The Morgan fingerprint density at radius 3 is 2.77 bits per heavy atom. The Bertz CT molecular complexity index is 312. The monoisotopic (exact) mass is 316 g/mol. The fourth-order valence-corrected chi connectivity index (χ4v) is 2.47. The highest BCUT2D eigenvalue weighted by Crippen LogP contribution is 2.09. The number of carbonyl (C=O) groups excluding carboxylic acids is 1. The Labute approximate surface area is 134 Å². The Kier molecular flexibility index (Phi) is 8.75. The molecule has 0 aromatic carbocycles. The Morgan fingerprint density at radius 1 is 1.41 bits per heavy atom. The van der Waals surface area contributed by atoms with Crippen molar-refractivity contribution >= 4 is 6.09 Å². The van der Waals surface area contributed by atoms with E-state index in [0.717, 1.165) is 38.9 Å². The molecule has 0 bridgehead atoms. The fourth-order valence-electron chi connectivity index (χ4n) is 2.47. The molecular weight excluding hydrogens is 284 g/mol. The number of hydrogen-bond donors (Lipinski definition) is 2. The zero-order chi connectivity index (χ0) is 16.4. The number of carbonyl (C=O) groups is 1. The predicted octanol–water partition coefficient (Wildman–Crippen LogP) is 2.07. The van der Waals surface area contributed by atoms with Crippen molar-refractivity contribution in [3.8, 4) is 0 Å². The smallest absolute Gasteiger partial charge is 0.407 e. The van der Waals surface area contributed by atoms with Gasteiger partial charge < -0.3 is 24.8 Å². The molecule has 0 aromatic heterocycles. The summed E-state index contributed by atoms with van der Waals surface area (Å²) < 4.78 is 16.0. The first-order chi connectivity index (χ1) is 10.4. The van der Waals surface area contributed by atoms with Crippen LogP contribution >= 0.6 is 0 Å². The van der Waals surface area contributed by atoms with Gasteiger partial charge in [-0.25, -0.2) is 4.79 Å². The number of methoxy groups -OCH3 is 1. The van der Waals surface area contributed by atoms with Crippen molar-refractivity contribution in [2.75, 3.05) is 33.5 Å². The lowest BCUT2D eigenvalue weighted by molar-refractivity contribution is 0.0521. The largest absolute Gasteiger partial charge is 0.444 e. The second kappa shape index (κ2) is 10.0. The molecule has 1 amide bonds. The van der Waals surface area contributed by atoms with Gasteiger partial charge in [0.1, 0.15) is 5.60 Å². The van der Waals surface area contributed by atoms with E-state index in [0.29, 0.717) is 19.2 Å². The molecule has 1 aliphatic heterocycles. The van der Waals surface area contributed by atoms with E-state index >= 15 is 0 Å². The van der Waals surface area contributed by atoms with Gasteiger partial charge in [0.25, 0.3) is 0 Å². The summed E-state index contributed by atoms with van der Waals surface area (Å²) in [4.78, 5) is 11.6. The quantitative estimate of drug-likeness (QED) is 0.671. The van der Waals surface area contributed by atoms with E-state index in [1.165, 1.54) is 0 Å². The van der Waals surface area contributed by atoms with Gasteiger partial charge in [-0.2, -0.15) is 0 Å². The van der Waals surface area contributed by atoms with Gasteiger partial charge in [-0.15, -0.1) is 0 Å². The minimum atomic E-state index is -0.453. The van der Waals surface area contributed by atoms with Crippen LogP contribution in [-0.4, -0.2) is 57.3 Å². The molecule has 1 aliphatic rings. The van der Waals surface area contributed by atoms with Crippen molar-refractivity contribution in [3.05, 3.63) is 0 Å². The first-order valence-corrected chi connectivity index (χ1v) is 8.20. The molecule has 1 rings (SSSR count). The number of amides is 1. The summed E-state index contributed by atoms with van der Waals surface area (Å²) >= 11 is 0. The zero-order valence-electron chi connectivity index (χ0n) is 14.4. The van der Waals surface area contributed by atoms with Crippen LogP contribution in [0, 0.1) is 0 Å². The average molecular weight is 316 g/mol. The molecule has 6 nitrogen and oxygen atoms in total. The van der Waals surface area contributed by atoms with Crippen molar-refractivity contribution in [2.45, 2.75) is 64.1 Å². The summed E-state index contributed by atoms with van der Waals surface area (Å²) in [5, 5.41) is 6.38. The van der Waals surface area contributed by atoms with E-state index in [4.69, 9.17) is 14.2 Å². The zero-order valence-corrected chi connectivity index (χ0v) is 14.4. The fraction of sp³-hybridized carbons (Fsp3) is 0.938. The van der Waals surface area contributed by atoms with Crippen molar-refractivity contribution in [1.82, 2.24) is 10.6 Å². The van der Waals surface area contributed by atoms with E-state index in [9.17, 15) is 4.79 Å². The van der Waals surface area contributed by atoms with E-state index in [1.807, 2.05) is 20.8 Å². The molecule has 0 aliphatic carbocycles. The number of rotatable bonds is 8. The summed E-state index contributed by atoms with van der Waals surface area (Å²) in [6.07, 6.45) is 3.73. The molecule has 130 valence electrons. The predicted molar refractivity (Wildman–Crippen MR) is 86.1 cm³/mol. The van der Waals surface area contributed by atoms with Crippen LogP contribution in [-0.2, 0) is 14.2 Å². The maximum atomic E-state index is 11.6. The van der Waals surface area contributed by atoms with Gasteiger partial charge in [0, 0.05) is 32.3 Å². The first-order valence-electron chi connectivity index (χ1n) is 8.20. The van der Waals surface area contributed by atoms with Crippen LogP contribution in [0.3, 0.4) is 0 Å². The second-order valence-corrected chi connectivity index (χ2v) is 6.80. The summed E-state index contributed by atoms with van der Waals surface area (Å²) in [6, 6.07) is 0.699. The minimum absolute atomic E-state index is 0.289. The van der Waals surface area contributed by atoms with Crippen LogP contribution in [0.1, 0.15) is 46.5 Å². The topological polar surface area (TPSA) is 68.8 Å². The van der Waals surface area contributed by atoms with E-state index in [2.05, 4.69) is 10.6 Å². The van der Waals surface area contributed by atoms with Gasteiger partial charge in [0.05, 0.1) is 13.2 Å². The average Bonchev–Trinajstić information content (AvgIpc) is 2.43. The Morgan fingerprint density at radius 2 is 2.18 bits per heavy atom. The molecule has 2 atom stereocenters. The van der Waals surface area contributed by atoms with E-state index in [1.54, 1.807) is 7.11 Å². The lowest BCUT2D eigenvalue weighted by atomic mass is 10.1. The van der Waals surface area contributed by atoms with Crippen LogP contribution in [0.25, 0.3) is 0 Å². The van der Waals surface area contributed by atoms with Crippen LogP contribution in [0.2, 0.25) is 0 Å². The van der Waals surface area contributed by atoms with Crippen molar-refractivity contribution in [1.29, 1.82) is 0 Å². The molecule has 6 heteroatoms. The van der Waals surface area contributed by atoms with Crippen molar-refractivity contribution in [2.24, 2.45) is 0 Å². The SMILES string of the molecule is COCC(CCCNC(=O)OC(C)(C)C)NC1CCCOC1. The molecular formula is C16H32N2O4. The molecule has 0 aromatic rings. The second-order valence-electron chi connectivity index (χ2n) is 6.80. The molecule has 2 unspecified atom stereocenters. The lowest BCUT2D eigenvalue weighted by Gasteiger charge is -2.28. The van der Waals surface area contributed by atoms with Crippen LogP contribution in [0.5, 0.6) is 0 Å². The summed E-state index contributed by atoms with van der Waals surface area (Å²) in [5.41, 5.74) is -0.453. The van der Waals surface area contributed by atoms with Crippen molar-refractivity contribution in [3.63, 3.8) is 0 Å². The van der Waals surface area contributed by atoms with Gasteiger partial charge >= 0.3 is 6.09 Å². The van der Waals surface area contributed by atoms with Gasteiger partial charge in [-0.1, -0.05) is 0 Å². The van der Waals surface area contributed by atoms with Gasteiger partial charge in [0.15, 0.2) is 0 Å². The first kappa shape index (κ1) is 19.2. The van der Waals surface area contributed by atoms with Gasteiger partial charge in [-0.05, 0) is 46.5 Å². The van der Waals surface area contributed by atoms with Crippen LogP contribution in [0.15, 0.2) is 0 Å². The molecule has 1 heterocycles. The highest BCUT2D eigenvalue weighted by molar-refractivity contribution is 5.67. The number of hydrogen-bond acceptors (Lipinski definition) is 5. The van der Waals surface area contributed by atoms with Crippen LogP contribution in [0.4, 0.5) is 4.79 Å². The molecule has 1 fully saturated rings. The highest BCUT2D eigenvalue weighted by Gasteiger charge is 2.19. The van der Waals surface area contributed by atoms with E-state index < -0.39 is 5.60 Å². The molecule has 1 saturated heterocycles. The van der Waals surface area contributed by atoms with Crippen LogP contribution < -0.4 is 10.6 Å². The lowest BCUT2D eigenvalue weighted by Crippen LogP contribution is -2.45. The summed E-state index contributed by atoms with van der Waals surface area (Å²) in [7, 11) is 1.71. The molecule has 22 heavy (non-hydrogen) atoms. The Balaban J connectivity index is 2.19. The van der Waals surface area contributed by atoms with E-state index in [-0.39, 0.29) is 12.1 Å². The maximum Gasteiger partial charge on any atom is 0.407 e. The number of alkyl carbamates (subject to hydrolysis) is 1. The van der Waals surface area contributed by atoms with Gasteiger partial charge in [-0.3, -0.25) is 0 Å². The highest BCUT2D eigenvalue weighted by atomic mass is 16.6. The summed E-state index contributed by atoms with van der Waals surface area (Å²) in [5.74, 6) is 0. The van der Waals surface area contributed by atoms with Crippen molar-refractivity contribution < 1.29 is 19.0 Å². The normalized spacial score (nSPS) is 20.5. The third kappa shape index (κ3) is 9.23.